The maximum atomic E-state index is 13.6. The van der Waals surface area contributed by atoms with Crippen LogP contribution >= 0.6 is 0 Å². The quantitative estimate of drug-likeness (QED) is 0.811. The molecular weight excluding hydrogens is 326 g/mol. The first-order valence-electron chi connectivity index (χ1n) is 11.0. The number of hydrogen-bond acceptors (Lipinski definition) is 3. The number of carbonyl (C=O) groups excluding carboxylic acids is 2. The van der Waals surface area contributed by atoms with E-state index in [9.17, 15) is 9.59 Å². The Labute approximate surface area is 156 Å². The minimum Gasteiger partial charge on any atom is -0.350 e. The molecule has 0 radical (unpaired) electrons. The zero-order valence-electron chi connectivity index (χ0n) is 15.8. The van der Waals surface area contributed by atoms with Gasteiger partial charge in [0, 0.05) is 19.1 Å². The summed E-state index contributed by atoms with van der Waals surface area (Å²) in [7, 11) is 0. The number of rotatable bonds is 3. The molecule has 2 atom stereocenters. The van der Waals surface area contributed by atoms with Crippen molar-refractivity contribution in [3.63, 3.8) is 0 Å². The molecular formula is C21H33N3O2. The lowest BCUT2D eigenvalue weighted by Crippen LogP contribution is -2.58. The smallest absolute Gasteiger partial charge is 0.243 e. The number of hydrogen-bond donors (Lipinski definition) is 2. The van der Waals surface area contributed by atoms with E-state index >= 15 is 0 Å². The lowest BCUT2D eigenvalue weighted by atomic mass is 9.49. The van der Waals surface area contributed by atoms with Gasteiger partial charge < -0.3 is 15.5 Å². The van der Waals surface area contributed by atoms with Crippen molar-refractivity contribution in [3.05, 3.63) is 0 Å². The third-order valence-corrected chi connectivity index (χ3v) is 7.95. The van der Waals surface area contributed by atoms with E-state index in [0.29, 0.717) is 5.91 Å². The molecule has 4 bridgehead atoms. The molecule has 2 saturated heterocycles. The van der Waals surface area contributed by atoms with Crippen LogP contribution in [0.1, 0.15) is 64.2 Å². The van der Waals surface area contributed by atoms with Gasteiger partial charge in [0.2, 0.25) is 11.8 Å². The number of piperidine rings is 1. The fourth-order valence-electron chi connectivity index (χ4n) is 7.23. The highest BCUT2D eigenvalue weighted by molar-refractivity contribution is 5.91. The average molecular weight is 360 g/mol. The van der Waals surface area contributed by atoms with E-state index in [4.69, 9.17) is 0 Å². The van der Waals surface area contributed by atoms with Crippen molar-refractivity contribution in [2.45, 2.75) is 76.3 Å². The van der Waals surface area contributed by atoms with E-state index in [0.717, 1.165) is 82.3 Å². The Kier molecular flexibility index (Phi) is 4.26. The van der Waals surface area contributed by atoms with Crippen molar-refractivity contribution in [1.29, 1.82) is 0 Å². The summed E-state index contributed by atoms with van der Waals surface area (Å²) in [6.45, 7) is 2.69. The molecule has 0 spiro atoms. The van der Waals surface area contributed by atoms with E-state index in [1.165, 1.54) is 19.3 Å². The molecule has 26 heavy (non-hydrogen) atoms. The number of carbonyl (C=O) groups is 2. The zero-order valence-corrected chi connectivity index (χ0v) is 15.8. The summed E-state index contributed by atoms with van der Waals surface area (Å²) in [6, 6.07) is 0.00535. The van der Waals surface area contributed by atoms with Gasteiger partial charge in [0.15, 0.2) is 0 Å². The number of likely N-dealkylation sites (tertiary alicyclic amines) is 1. The Bertz CT molecular complexity index is 549. The van der Waals surface area contributed by atoms with E-state index in [-0.39, 0.29) is 23.4 Å². The average Bonchev–Trinajstić information content (AvgIpc) is 3.10. The zero-order chi connectivity index (χ0) is 17.7. The van der Waals surface area contributed by atoms with E-state index < -0.39 is 0 Å². The predicted octanol–water partition coefficient (Wildman–Crippen LogP) is 2.06. The van der Waals surface area contributed by atoms with Gasteiger partial charge in [0.1, 0.15) is 6.04 Å². The molecule has 5 nitrogen and oxygen atoms in total. The summed E-state index contributed by atoms with van der Waals surface area (Å²) in [5, 5.41) is 6.58. The lowest BCUT2D eigenvalue weighted by Gasteiger charge is -2.56. The highest BCUT2D eigenvalue weighted by Crippen LogP contribution is 2.60. The Morgan fingerprint density at radius 1 is 0.962 bits per heavy atom. The second kappa shape index (κ2) is 6.50. The molecule has 4 saturated carbocycles. The van der Waals surface area contributed by atoms with Crippen molar-refractivity contribution in [2.24, 2.45) is 23.2 Å². The van der Waals surface area contributed by atoms with Crippen molar-refractivity contribution in [1.82, 2.24) is 15.5 Å². The van der Waals surface area contributed by atoms with E-state index in [1.807, 2.05) is 4.90 Å². The van der Waals surface area contributed by atoms with Crippen LogP contribution in [0.25, 0.3) is 0 Å². The van der Waals surface area contributed by atoms with Gasteiger partial charge in [-0.3, -0.25) is 9.59 Å². The summed E-state index contributed by atoms with van der Waals surface area (Å²) in [5.74, 6) is 2.74. The molecule has 1 unspecified atom stereocenters. The van der Waals surface area contributed by atoms with Gasteiger partial charge in [-0.15, -0.1) is 0 Å². The Morgan fingerprint density at radius 3 is 2.27 bits per heavy atom. The van der Waals surface area contributed by atoms with Crippen molar-refractivity contribution in [3.8, 4) is 0 Å². The lowest BCUT2D eigenvalue weighted by molar-refractivity contribution is -0.160. The minimum atomic E-state index is -0.225. The molecule has 6 fully saturated rings. The Balaban J connectivity index is 1.29. The van der Waals surface area contributed by atoms with Crippen LogP contribution < -0.4 is 10.6 Å². The normalized spacial score (nSPS) is 44.3. The molecule has 5 heteroatoms. The fraction of sp³-hybridized carbons (Fsp3) is 0.905. The fourth-order valence-corrected chi connectivity index (χ4v) is 7.23. The summed E-state index contributed by atoms with van der Waals surface area (Å²) in [6.07, 6.45) is 11.3. The molecule has 144 valence electrons. The third kappa shape index (κ3) is 2.87. The second-order valence-electron chi connectivity index (χ2n) is 9.91. The molecule has 2 amide bonds. The maximum Gasteiger partial charge on any atom is 0.243 e. The third-order valence-electron chi connectivity index (χ3n) is 7.95. The Morgan fingerprint density at radius 2 is 1.65 bits per heavy atom. The van der Waals surface area contributed by atoms with Crippen molar-refractivity contribution >= 4 is 11.8 Å². The maximum absolute atomic E-state index is 13.6. The molecule has 0 aromatic rings. The van der Waals surface area contributed by atoms with Crippen LogP contribution in [0.15, 0.2) is 0 Å². The highest BCUT2D eigenvalue weighted by atomic mass is 16.2. The predicted molar refractivity (Wildman–Crippen MR) is 99.4 cm³/mol. The first kappa shape index (κ1) is 17.0. The summed E-state index contributed by atoms with van der Waals surface area (Å²) in [4.78, 5) is 28.5. The van der Waals surface area contributed by atoms with Crippen LogP contribution in [0.3, 0.4) is 0 Å². The van der Waals surface area contributed by atoms with Gasteiger partial charge in [0.25, 0.3) is 0 Å². The summed E-state index contributed by atoms with van der Waals surface area (Å²) < 4.78 is 0. The SMILES string of the molecule is O=C(N[C@H]1CCCNC1)C1CCCN1C(=O)C12CC3CC(CC(C3)C1)C2. The largest absolute Gasteiger partial charge is 0.350 e. The molecule has 2 heterocycles. The highest BCUT2D eigenvalue weighted by Gasteiger charge is 2.56. The topological polar surface area (TPSA) is 61.4 Å². The Hall–Kier alpha value is -1.10. The van der Waals surface area contributed by atoms with Crippen LogP contribution in [0, 0.1) is 23.2 Å². The van der Waals surface area contributed by atoms with Crippen LogP contribution in [-0.4, -0.2) is 48.4 Å². The minimum absolute atomic E-state index is 0.0919. The number of nitrogens with zero attached hydrogens (tertiary/aromatic N) is 1. The van der Waals surface area contributed by atoms with Crippen LogP contribution in [0.4, 0.5) is 0 Å². The summed E-state index contributed by atoms with van der Waals surface area (Å²) in [5.41, 5.74) is -0.121. The molecule has 2 aliphatic heterocycles. The first-order chi connectivity index (χ1) is 12.6. The van der Waals surface area contributed by atoms with E-state index in [2.05, 4.69) is 10.6 Å². The molecule has 0 aromatic carbocycles. The number of amides is 2. The molecule has 0 aromatic heterocycles. The van der Waals surface area contributed by atoms with Crippen LogP contribution in [-0.2, 0) is 9.59 Å². The van der Waals surface area contributed by atoms with Gasteiger partial charge in [-0.25, -0.2) is 0 Å². The van der Waals surface area contributed by atoms with Crippen LogP contribution in [0.2, 0.25) is 0 Å². The van der Waals surface area contributed by atoms with Crippen molar-refractivity contribution in [2.75, 3.05) is 19.6 Å². The second-order valence-corrected chi connectivity index (χ2v) is 9.91. The standard InChI is InChI=1S/C21H33N3O2/c25-19(23-17-3-1-5-22-13-17)18-4-2-6-24(18)20(26)21-10-14-7-15(11-21)9-16(8-14)12-21/h14-18,22H,1-13H2,(H,23,25)/t14?,15?,16?,17-,18?,21?/m0/s1. The van der Waals surface area contributed by atoms with Gasteiger partial charge in [0.05, 0.1) is 5.41 Å². The van der Waals surface area contributed by atoms with Gasteiger partial charge in [-0.2, -0.15) is 0 Å². The molecule has 6 rings (SSSR count). The summed E-state index contributed by atoms with van der Waals surface area (Å²) >= 11 is 0. The molecule has 6 aliphatic rings. The van der Waals surface area contributed by atoms with Crippen molar-refractivity contribution < 1.29 is 9.59 Å². The van der Waals surface area contributed by atoms with Gasteiger partial charge in [-0.1, -0.05) is 0 Å². The van der Waals surface area contributed by atoms with Crippen LogP contribution in [0.5, 0.6) is 0 Å². The first-order valence-corrected chi connectivity index (χ1v) is 11.0. The molecule has 4 aliphatic carbocycles. The van der Waals surface area contributed by atoms with Gasteiger partial charge in [-0.05, 0) is 88.5 Å². The van der Waals surface area contributed by atoms with Gasteiger partial charge >= 0.3 is 0 Å². The monoisotopic (exact) mass is 359 g/mol. The molecule has 2 N–H and O–H groups in total. The number of nitrogens with one attached hydrogen (secondary N) is 2. The van der Waals surface area contributed by atoms with E-state index in [1.54, 1.807) is 0 Å².